The highest BCUT2D eigenvalue weighted by Gasteiger charge is 2.41. The minimum absolute atomic E-state index is 0.197. The average molecular weight is 295 g/mol. The second-order valence-electron chi connectivity index (χ2n) is 6.71. The van der Waals surface area contributed by atoms with E-state index in [9.17, 15) is 0 Å². The van der Waals surface area contributed by atoms with E-state index in [-0.39, 0.29) is 11.6 Å². The predicted octanol–water partition coefficient (Wildman–Crippen LogP) is 3.69. The SMILES string of the molecule is CCc1ccc(CC(N)C2(N(C)C)CCC(C)CC2)s1. The molecule has 1 aliphatic carbocycles. The van der Waals surface area contributed by atoms with Crippen molar-refractivity contribution >= 4 is 11.3 Å². The Morgan fingerprint density at radius 2 is 1.90 bits per heavy atom. The van der Waals surface area contributed by atoms with Crippen LogP contribution in [0.3, 0.4) is 0 Å². The van der Waals surface area contributed by atoms with Crippen molar-refractivity contribution in [2.45, 2.75) is 64.0 Å². The first kappa shape index (κ1) is 16.0. The van der Waals surface area contributed by atoms with Gasteiger partial charge in [-0.2, -0.15) is 0 Å². The van der Waals surface area contributed by atoms with Crippen LogP contribution in [0.15, 0.2) is 12.1 Å². The molecule has 1 aromatic heterocycles. The second-order valence-corrected chi connectivity index (χ2v) is 7.97. The third kappa shape index (κ3) is 3.26. The van der Waals surface area contributed by atoms with Gasteiger partial charge in [-0.05, 0) is 70.7 Å². The highest BCUT2D eigenvalue weighted by molar-refractivity contribution is 7.11. The molecule has 1 unspecified atom stereocenters. The molecule has 20 heavy (non-hydrogen) atoms. The van der Waals surface area contributed by atoms with Gasteiger partial charge in [-0.25, -0.2) is 0 Å². The van der Waals surface area contributed by atoms with E-state index in [0.717, 1.165) is 18.8 Å². The molecule has 0 aliphatic heterocycles. The van der Waals surface area contributed by atoms with Gasteiger partial charge in [-0.3, -0.25) is 0 Å². The topological polar surface area (TPSA) is 29.3 Å². The number of rotatable bonds is 5. The van der Waals surface area contributed by atoms with Crippen molar-refractivity contribution in [3.05, 3.63) is 21.9 Å². The highest BCUT2D eigenvalue weighted by Crippen LogP contribution is 2.38. The molecule has 114 valence electrons. The predicted molar refractivity (Wildman–Crippen MR) is 89.4 cm³/mol. The van der Waals surface area contributed by atoms with Crippen LogP contribution >= 0.6 is 11.3 Å². The molecule has 0 radical (unpaired) electrons. The quantitative estimate of drug-likeness (QED) is 0.897. The van der Waals surface area contributed by atoms with Gasteiger partial charge >= 0.3 is 0 Å². The summed E-state index contributed by atoms with van der Waals surface area (Å²) in [6.45, 7) is 4.59. The Morgan fingerprint density at radius 3 is 2.40 bits per heavy atom. The van der Waals surface area contributed by atoms with Gasteiger partial charge in [0.05, 0.1) is 0 Å². The highest BCUT2D eigenvalue weighted by atomic mass is 32.1. The first-order valence-electron chi connectivity index (χ1n) is 7.98. The van der Waals surface area contributed by atoms with Gasteiger partial charge in [0, 0.05) is 21.3 Å². The molecule has 3 heteroatoms. The summed E-state index contributed by atoms with van der Waals surface area (Å²) in [4.78, 5) is 5.33. The maximum absolute atomic E-state index is 6.68. The summed E-state index contributed by atoms with van der Waals surface area (Å²) >= 11 is 1.94. The Morgan fingerprint density at radius 1 is 1.30 bits per heavy atom. The average Bonchev–Trinajstić information content (AvgIpc) is 2.87. The van der Waals surface area contributed by atoms with Gasteiger partial charge in [-0.1, -0.05) is 13.8 Å². The number of likely N-dealkylation sites (N-methyl/N-ethyl adjacent to an activating group) is 1. The number of hydrogen-bond donors (Lipinski definition) is 1. The van der Waals surface area contributed by atoms with Crippen molar-refractivity contribution in [3.8, 4) is 0 Å². The molecule has 0 spiro atoms. The molecule has 0 amide bonds. The lowest BCUT2D eigenvalue weighted by Crippen LogP contribution is -2.59. The number of aryl methyl sites for hydroxylation is 1. The minimum Gasteiger partial charge on any atom is -0.326 e. The van der Waals surface area contributed by atoms with Crippen molar-refractivity contribution in [3.63, 3.8) is 0 Å². The number of nitrogens with zero attached hydrogens (tertiary/aromatic N) is 1. The Bertz CT molecular complexity index is 416. The van der Waals surface area contributed by atoms with E-state index in [4.69, 9.17) is 5.73 Å². The third-order valence-electron chi connectivity index (χ3n) is 5.21. The van der Waals surface area contributed by atoms with Crippen LogP contribution in [0.1, 0.15) is 49.3 Å². The largest absolute Gasteiger partial charge is 0.326 e. The molecular weight excluding hydrogens is 264 g/mol. The van der Waals surface area contributed by atoms with Crippen LogP contribution in [0.2, 0.25) is 0 Å². The zero-order valence-electron chi connectivity index (χ0n) is 13.5. The van der Waals surface area contributed by atoms with E-state index in [1.165, 1.54) is 35.4 Å². The summed E-state index contributed by atoms with van der Waals surface area (Å²) in [5.41, 5.74) is 6.87. The van der Waals surface area contributed by atoms with Crippen molar-refractivity contribution in [2.75, 3.05) is 14.1 Å². The first-order chi connectivity index (χ1) is 9.48. The van der Waals surface area contributed by atoms with E-state index in [1.54, 1.807) is 0 Å². The fourth-order valence-corrected chi connectivity index (χ4v) is 4.56. The summed E-state index contributed by atoms with van der Waals surface area (Å²) in [5.74, 6) is 0.865. The van der Waals surface area contributed by atoms with E-state index >= 15 is 0 Å². The monoisotopic (exact) mass is 294 g/mol. The summed E-state index contributed by atoms with van der Waals surface area (Å²) < 4.78 is 0. The molecular formula is C17H30N2S. The molecule has 1 aliphatic rings. The van der Waals surface area contributed by atoms with Gasteiger partial charge in [0.15, 0.2) is 0 Å². The van der Waals surface area contributed by atoms with Crippen LogP contribution in [-0.2, 0) is 12.8 Å². The zero-order chi connectivity index (χ0) is 14.8. The molecule has 1 saturated carbocycles. The Balaban J connectivity index is 2.09. The maximum atomic E-state index is 6.68. The van der Waals surface area contributed by atoms with E-state index < -0.39 is 0 Å². The smallest absolute Gasteiger partial charge is 0.0358 e. The minimum atomic E-state index is 0.197. The first-order valence-corrected chi connectivity index (χ1v) is 8.80. The van der Waals surface area contributed by atoms with Gasteiger partial charge in [0.25, 0.3) is 0 Å². The van der Waals surface area contributed by atoms with Gasteiger partial charge in [0.1, 0.15) is 0 Å². The summed E-state index contributed by atoms with van der Waals surface area (Å²) in [7, 11) is 4.42. The van der Waals surface area contributed by atoms with Crippen LogP contribution in [-0.4, -0.2) is 30.6 Å². The van der Waals surface area contributed by atoms with Crippen molar-refractivity contribution in [1.82, 2.24) is 4.90 Å². The Hall–Kier alpha value is -0.380. The van der Waals surface area contributed by atoms with Gasteiger partial charge in [-0.15, -0.1) is 11.3 Å². The Labute approximate surface area is 128 Å². The lowest BCUT2D eigenvalue weighted by molar-refractivity contribution is 0.0571. The fourth-order valence-electron chi connectivity index (χ4n) is 3.54. The third-order valence-corrected chi connectivity index (χ3v) is 6.46. The molecule has 1 heterocycles. The van der Waals surface area contributed by atoms with Gasteiger partial charge in [0.2, 0.25) is 0 Å². The van der Waals surface area contributed by atoms with Crippen LogP contribution in [0, 0.1) is 5.92 Å². The summed E-state index contributed by atoms with van der Waals surface area (Å²) in [5, 5.41) is 0. The molecule has 0 bridgehead atoms. The molecule has 2 N–H and O–H groups in total. The van der Waals surface area contributed by atoms with Crippen molar-refractivity contribution in [1.29, 1.82) is 0 Å². The zero-order valence-corrected chi connectivity index (χ0v) is 14.3. The van der Waals surface area contributed by atoms with Crippen molar-refractivity contribution in [2.24, 2.45) is 11.7 Å². The summed E-state index contributed by atoms with van der Waals surface area (Å²) in [6.07, 6.45) is 7.28. The maximum Gasteiger partial charge on any atom is 0.0358 e. The molecule has 0 saturated heterocycles. The molecule has 2 rings (SSSR count). The lowest BCUT2D eigenvalue weighted by atomic mass is 9.71. The molecule has 2 nitrogen and oxygen atoms in total. The molecule has 1 aromatic rings. The number of hydrogen-bond acceptors (Lipinski definition) is 3. The Kier molecular flexibility index (Phi) is 5.27. The molecule has 1 fully saturated rings. The normalized spacial score (nSPS) is 28.8. The van der Waals surface area contributed by atoms with Crippen molar-refractivity contribution < 1.29 is 0 Å². The van der Waals surface area contributed by atoms with Crippen LogP contribution in [0.4, 0.5) is 0 Å². The van der Waals surface area contributed by atoms with E-state index in [2.05, 4.69) is 45.0 Å². The van der Waals surface area contributed by atoms with Crippen LogP contribution in [0.25, 0.3) is 0 Å². The van der Waals surface area contributed by atoms with E-state index in [0.29, 0.717) is 0 Å². The van der Waals surface area contributed by atoms with Gasteiger partial charge < -0.3 is 10.6 Å². The molecule has 0 aromatic carbocycles. The van der Waals surface area contributed by atoms with Crippen LogP contribution < -0.4 is 5.73 Å². The lowest BCUT2D eigenvalue weighted by Gasteiger charge is -2.48. The standard InChI is InChI=1S/C17H30N2S/c1-5-14-6-7-15(20-14)12-16(18)17(19(3)4)10-8-13(2)9-11-17/h6-7,13,16H,5,8-12,18H2,1-4H3. The molecule has 1 atom stereocenters. The summed E-state index contributed by atoms with van der Waals surface area (Å²) in [6, 6.07) is 4.78. The second kappa shape index (κ2) is 6.59. The fraction of sp³-hybridized carbons (Fsp3) is 0.765. The van der Waals surface area contributed by atoms with Crippen LogP contribution in [0.5, 0.6) is 0 Å². The number of thiophene rings is 1. The number of nitrogens with two attached hydrogens (primary N) is 1. The van der Waals surface area contributed by atoms with E-state index in [1.807, 2.05) is 11.3 Å².